The van der Waals surface area contributed by atoms with Crippen molar-refractivity contribution in [2.45, 2.75) is 6.92 Å². The lowest BCUT2D eigenvalue weighted by molar-refractivity contribution is -0.383. The maximum Gasteiger partial charge on any atom is 0.354 e. The van der Waals surface area contributed by atoms with Crippen LogP contribution in [0.5, 0.6) is 0 Å². The maximum atomic E-state index is 10.9. The van der Waals surface area contributed by atoms with Crippen molar-refractivity contribution in [3.8, 4) is 0 Å². The molecule has 0 saturated carbocycles. The van der Waals surface area contributed by atoms with Crippen LogP contribution < -0.4 is 16.6 Å². The average Bonchev–Trinajstić information content (AvgIpc) is 2.74. The second-order valence-corrected chi connectivity index (χ2v) is 3.27. The second kappa shape index (κ2) is 4.63. The van der Waals surface area contributed by atoms with E-state index < -0.39 is 4.92 Å². The molecule has 0 unspecified atom stereocenters. The Balaban J connectivity index is 2.41. The van der Waals surface area contributed by atoms with Gasteiger partial charge in [0.05, 0.1) is 4.92 Å². The number of hydrogen-bond acceptors (Lipinski definition) is 9. The van der Waals surface area contributed by atoms with Gasteiger partial charge in [-0.3, -0.25) is 10.1 Å². The van der Waals surface area contributed by atoms with Gasteiger partial charge in [0.2, 0.25) is 11.6 Å². The first-order chi connectivity index (χ1) is 8.61. The second-order valence-electron chi connectivity index (χ2n) is 3.27. The molecule has 18 heavy (non-hydrogen) atoms. The molecule has 0 radical (unpaired) electrons. The van der Waals surface area contributed by atoms with Crippen LogP contribution in [0.4, 0.5) is 23.1 Å². The number of hydrogen-bond donors (Lipinski definition) is 3. The van der Waals surface area contributed by atoms with Crippen LogP contribution in [-0.2, 0) is 0 Å². The number of nitrogens with one attached hydrogen (secondary N) is 2. The molecule has 0 amide bonds. The number of nitrogen functional groups attached to an aromatic ring is 1. The molecule has 0 aromatic carbocycles. The van der Waals surface area contributed by atoms with Crippen LogP contribution in [0.3, 0.4) is 0 Å². The Labute approximate surface area is 100 Å². The normalized spacial score (nSPS) is 10.1. The zero-order valence-corrected chi connectivity index (χ0v) is 9.25. The minimum absolute atomic E-state index is 0.0312. The molecule has 0 fully saturated rings. The fourth-order valence-electron chi connectivity index (χ4n) is 1.30. The monoisotopic (exact) mass is 251 g/mol. The molecular weight excluding hydrogens is 242 g/mol. The van der Waals surface area contributed by atoms with Gasteiger partial charge in [-0.25, -0.2) is 15.8 Å². The van der Waals surface area contributed by atoms with Gasteiger partial charge in [-0.1, -0.05) is 5.16 Å². The Kier molecular flexibility index (Phi) is 3.02. The molecule has 2 heterocycles. The van der Waals surface area contributed by atoms with Gasteiger partial charge in [0.15, 0.2) is 5.82 Å². The number of nitro groups is 1. The topological polar surface area (TPSA) is 145 Å². The Bertz CT molecular complexity index is 582. The number of rotatable bonds is 4. The first kappa shape index (κ1) is 11.7. The van der Waals surface area contributed by atoms with E-state index in [0.717, 1.165) is 6.33 Å². The van der Waals surface area contributed by atoms with Gasteiger partial charge in [0.25, 0.3) is 0 Å². The highest BCUT2D eigenvalue weighted by Crippen LogP contribution is 2.30. The summed E-state index contributed by atoms with van der Waals surface area (Å²) >= 11 is 0. The number of hydrazine groups is 1. The summed E-state index contributed by atoms with van der Waals surface area (Å²) in [5.41, 5.74) is 1.76. The van der Waals surface area contributed by atoms with Crippen molar-refractivity contribution in [1.82, 2.24) is 15.1 Å². The van der Waals surface area contributed by atoms with Gasteiger partial charge in [-0.05, 0) is 6.92 Å². The quantitative estimate of drug-likeness (QED) is 0.406. The summed E-state index contributed by atoms with van der Waals surface area (Å²) in [7, 11) is 0. The third kappa shape index (κ3) is 2.17. The van der Waals surface area contributed by atoms with Crippen LogP contribution in [0, 0.1) is 17.0 Å². The van der Waals surface area contributed by atoms with Crippen LogP contribution >= 0.6 is 0 Å². The largest absolute Gasteiger partial charge is 0.360 e. The van der Waals surface area contributed by atoms with Gasteiger partial charge >= 0.3 is 5.69 Å². The molecule has 0 aliphatic carbocycles. The maximum absolute atomic E-state index is 10.9. The highest BCUT2D eigenvalue weighted by atomic mass is 16.6. The molecule has 0 aliphatic heterocycles. The molecule has 2 aromatic heterocycles. The predicted molar refractivity (Wildman–Crippen MR) is 61.0 cm³/mol. The first-order valence-corrected chi connectivity index (χ1v) is 4.78. The molecule has 94 valence electrons. The zero-order chi connectivity index (χ0) is 13.1. The Morgan fingerprint density at radius 2 is 2.17 bits per heavy atom. The summed E-state index contributed by atoms with van der Waals surface area (Å²) < 4.78 is 4.83. The molecule has 0 saturated heterocycles. The molecule has 10 heteroatoms. The van der Waals surface area contributed by atoms with Gasteiger partial charge in [-0.15, -0.1) is 0 Å². The van der Waals surface area contributed by atoms with Gasteiger partial charge in [-0.2, -0.15) is 0 Å². The van der Waals surface area contributed by atoms with Gasteiger partial charge < -0.3 is 15.3 Å². The molecule has 4 N–H and O–H groups in total. The van der Waals surface area contributed by atoms with Gasteiger partial charge in [0.1, 0.15) is 12.1 Å². The summed E-state index contributed by atoms with van der Waals surface area (Å²) in [6, 6.07) is 1.57. The summed E-state index contributed by atoms with van der Waals surface area (Å²) in [6.45, 7) is 1.69. The van der Waals surface area contributed by atoms with Crippen molar-refractivity contribution < 1.29 is 9.45 Å². The molecule has 0 atom stereocenters. The van der Waals surface area contributed by atoms with E-state index in [2.05, 4.69) is 25.9 Å². The molecule has 2 aromatic rings. The summed E-state index contributed by atoms with van der Waals surface area (Å²) in [5.74, 6) is 5.88. The molecule has 10 nitrogen and oxygen atoms in total. The van der Waals surface area contributed by atoms with E-state index in [1.54, 1.807) is 13.0 Å². The summed E-state index contributed by atoms with van der Waals surface area (Å²) in [5, 5.41) is 17.2. The Morgan fingerprint density at radius 3 is 2.72 bits per heavy atom. The average molecular weight is 251 g/mol. The lowest BCUT2D eigenvalue weighted by atomic mass is 10.4. The van der Waals surface area contributed by atoms with E-state index in [4.69, 9.17) is 10.4 Å². The van der Waals surface area contributed by atoms with E-state index in [-0.39, 0.29) is 17.3 Å². The molecule has 0 spiro atoms. The van der Waals surface area contributed by atoms with E-state index in [1.165, 1.54) is 0 Å². The number of nitrogens with zero attached hydrogens (tertiary/aromatic N) is 4. The Hall–Kier alpha value is -2.75. The lowest BCUT2D eigenvalue weighted by Crippen LogP contribution is -2.12. The van der Waals surface area contributed by atoms with E-state index in [0.29, 0.717) is 11.6 Å². The van der Waals surface area contributed by atoms with Crippen molar-refractivity contribution in [3.05, 3.63) is 28.3 Å². The standard InChI is InChI=1S/C8H9N7O3/c1-4-2-5(14-18-4)12-7-6(15(16)17)8(13-9)11-3-10-7/h2-3H,9H2,1H3,(H2,10,11,12,13,14). The molecule has 0 aliphatic rings. The van der Waals surface area contributed by atoms with Crippen molar-refractivity contribution in [2.75, 3.05) is 10.7 Å². The summed E-state index contributed by atoms with van der Waals surface area (Å²) in [4.78, 5) is 17.7. The van der Waals surface area contributed by atoms with Crippen LogP contribution in [0.1, 0.15) is 5.76 Å². The fraction of sp³-hybridized carbons (Fsp3) is 0.125. The minimum atomic E-state index is -0.648. The van der Waals surface area contributed by atoms with Crippen LogP contribution in [0.15, 0.2) is 16.9 Å². The van der Waals surface area contributed by atoms with E-state index in [9.17, 15) is 10.1 Å². The molecule has 0 bridgehead atoms. The van der Waals surface area contributed by atoms with Crippen molar-refractivity contribution in [1.29, 1.82) is 0 Å². The van der Waals surface area contributed by atoms with E-state index in [1.807, 2.05) is 0 Å². The predicted octanol–water partition coefficient (Wildman–Crippen LogP) is 0.710. The third-order valence-corrected chi connectivity index (χ3v) is 2.02. The van der Waals surface area contributed by atoms with Gasteiger partial charge in [0, 0.05) is 6.07 Å². The van der Waals surface area contributed by atoms with Crippen LogP contribution in [-0.4, -0.2) is 20.0 Å². The molecule has 2 rings (SSSR count). The Morgan fingerprint density at radius 1 is 1.44 bits per heavy atom. The SMILES string of the molecule is Cc1cc(Nc2ncnc(NN)c2[N+](=O)[O-])no1. The van der Waals surface area contributed by atoms with Crippen molar-refractivity contribution in [2.24, 2.45) is 5.84 Å². The molecular formula is C8H9N7O3. The number of anilines is 3. The van der Waals surface area contributed by atoms with E-state index >= 15 is 0 Å². The third-order valence-electron chi connectivity index (χ3n) is 2.02. The fourth-order valence-corrected chi connectivity index (χ4v) is 1.30. The van der Waals surface area contributed by atoms with Crippen molar-refractivity contribution >= 4 is 23.1 Å². The summed E-state index contributed by atoms with van der Waals surface area (Å²) in [6.07, 6.45) is 1.14. The zero-order valence-electron chi connectivity index (χ0n) is 9.25. The lowest BCUT2D eigenvalue weighted by Gasteiger charge is -2.05. The number of nitrogens with two attached hydrogens (primary N) is 1. The van der Waals surface area contributed by atoms with Crippen LogP contribution in [0.2, 0.25) is 0 Å². The van der Waals surface area contributed by atoms with Crippen LogP contribution in [0.25, 0.3) is 0 Å². The smallest absolute Gasteiger partial charge is 0.354 e. The highest BCUT2D eigenvalue weighted by Gasteiger charge is 2.23. The first-order valence-electron chi connectivity index (χ1n) is 4.78. The minimum Gasteiger partial charge on any atom is -0.360 e. The number of aryl methyl sites for hydroxylation is 1. The number of aromatic nitrogens is 3. The highest BCUT2D eigenvalue weighted by molar-refractivity contribution is 5.72. The van der Waals surface area contributed by atoms with Crippen molar-refractivity contribution in [3.63, 3.8) is 0 Å².